The van der Waals surface area contributed by atoms with E-state index in [0.29, 0.717) is 0 Å². The number of methoxy groups -OCH3 is 1. The van der Waals surface area contributed by atoms with Crippen molar-refractivity contribution in [3.05, 3.63) is 0 Å². The molecular weight excluding hydrogens is 204 g/mol. The van der Waals surface area contributed by atoms with Crippen LogP contribution in [0.25, 0.3) is 0 Å². The van der Waals surface area contributed by atoms with Crippen molar-refractivity contribution in [3.63, 3.8) is 0 Å². The summed E-state index contributed by atoms with van der Waals surface area (Å²) >= 11 is 0. The molecule has 1 aliphatic rings. The highest BCUT2D eigenvalue weighted by Gasteiger charge is 2.04. The second-order valence-electron chi connectivity index (χ2n) is 4.21. The van der Waals surface area contributed by atoms with Crippen LogP contribution in [0.4, 0.5) is 0 Å². The first-order valence-corrected chi connectivity index (χ1v) is 5.95. The molecule has 0 bridgehead atoms. The van der Waals surface area contributed by atoms with Gasteiger partial charge in [-0.05, 0) is 20.8 Å². The standard InChI is InChI=1S/C5H10N2O.C5H12O.C2H6/c8-5-7-3-1-6-2-4-7;1-5(2,3)6-4;1-2/h5-6H,1-4H2;1-4H3;1-2H3. The van der Waals surface area contributed by atoms with E-state index < -0.39 is 0 Å². The third-order valence-electron chi connectivity index (χ3n) is 1.91. The molecule has 4 nitrogen and oxygen atoms in total. The van der Waals surface area contributed by atoms with E-state index in [1.54, 1.807) is 12.0 Å². The van der Waals surface area contributed by atoms with Crippen molar-refractivity contribution in [2.45, 2.75) is 40.2 Å². The molecule has 1 saturated heterocycles. The minimum absolute atomic E-state index is 0.0417. The molecule has 1 amide bonds. The average Bonchev–Trinajstić information content (AvgIpc) is 2.32. The van der Waals surface area contributed by atoms with Crippen LogP contribution in [0.1, 0.15) is 34.6 Å². The lowest BCUT2D eigenvalue weighted by atomic mass is 10.2. The average molecular weight is 232 g/mol. The zero-order valence-electron chi connectivity index (χ0n) is 11.7. The summed E-state index contributed by atoms with van der Waals surface area (Å²) in [5.41, 5.74) is 0.0417. The van der Waals surface area contributed by atoms with Crippen LogP contribution in [0.5, 0.6) is 0 Å². The van der Waals surface area contributed by atoms with Crippen LogP contribution in [-0.4, -0.2) is 50.2 Å². The molecule has 98 valence electrons. The number of nitrogens with zero attached hydrogens (tertiary/aromatic N) is 1. The van der Waals surface area contributed by atoms with Gasteiger partial charge in [-0.2, -0.15) is 0 Å². The molecule has 1 aliphatic heterocycles. The van der Waals surface area contributed by atoms with Crippen LogP contribution in [0.3, 0.4) is 0 Å². The summed E-state index contributed by atoms with van der Waals surface area (Å²) in [6.45, 7) is 13.7. The van der Waals surface area contributed by atoms with Crippen molar-refractivity contribution in [3.8, 4) is 0 Å². The van der Waals surface area contributed by atoms with Crippen LogP contribution in [0.15, 0.2) is 0 Å². The van der Waals surface area contributed by atoms with Gasteiger partial charge in [-0.15, -0.1) is 0 Å². The Balaban J connectivity index is 0. The third-order valence-corrected chi connectivity index (χ3v) is 1.91. The van der Waals surface area contributed by atoms with Crippen molar-refractivity contribution < 1.29 is 9.53 Å². The van der Waals surface area contributed by atoms with Crippen LogP contribution in [-0.2, 0) is 9.53 Å². The summed E-state index contributed by atoms with van der Waals surface area (Å²) in [6.07, 6.45) is 0.904. The SMILES string of the molecule is CC.COC(C)(C)C.O=CN1CCNCC1. The van der Waals surface area contributed by atoms with Gasteiger partial charge in [-0.1, -0.05) is 13.8 Å². The van der Waals surface area contributed by atoms with Crippen molar-refractivity contribution in [2.24, 2.45) is 0 Å². The third kappa shape index (κ3) is 13.4. The second-order valence-corrected chi connectivity index (χ2v) is 4.21. The quantitative estimate of drug-likeness (QED) is 0.697. The highest BCUT2D eigenvalue weighted by molar-refractivity contribution is 5.47. The zero-order chi connectivity index (χ0) is 13.0. The second kappa shape index (κ2) is 10.9. The van der Waals surface area contributed by atoms with Gasteiger partial charge in [0.05, 0.1) is 5.60 Å². The maximum Gasteiger partial charge on any atom is 0.209 e. The van der Waals surface area contributed by atoms with Crippen molar-refractivity contribution in [1.82, 2.24) is 10.2 Å². The largest absolute Gasteiger partial charge is 0.379 e. The molecular formula is C12H28N2O2. The van der Waals surface area contributed by atoms with Crippen LogP contribution >= 0.6 is 0 Å². The van der Waals surface area contributed by atoms with Gasteiger partial charge in [-0.3, -0.25) is 4.79 Å². The first kappa shape index (κ1) is 17.8. The molecule has 4 heteroatoms. The molecule has 0 spiro atoms. The lowest BCUT2D eigenvalue weighted by molar-refractivity contribution is -0.118. The topological polar surface area (TPSA) is 41.6 Å². The fraction of sp³-hybridized carbons (Fsp3) is 0.917. The number of piperazine rings is 1. The van der Waals surface area contributed by atoms with Crippen molar-refractivity contribution in [1.29, 1.82) is 0 Å². The van der Waals surface area contributed by atoms with Gasteiger partial charge < -0.3 is 15.0 Å². The van der Waals surface area contributed by atoms with Gasteiger partial charge in [0.1, 0.15) is 0 Å². The summed E-state index contributed by atoms with van der Waals surface area (Å²) in [4.78, 5) is 11.8. The number of hydrogen-bond donors (Lipinski definition) is 1. The first-order chi connectivity index (χ1) is 7.49. The molecule has 1 N–H and O–H groups in total. The molecule has 16 heavy (non-hydrogen) atoms. The molecule has 0 aromatic carbocycles. The molecule has 0 aromatic rings. The molecule has 1 heterocycles. The lowest BCUT2D eigenvalue weighted by Gasteiger charge is -2.22. The number of carbonyl (C=O) groups is 1. The normalized spacial score (nSPS) is 15.2. The molecule has 0 aromatic heterocycles. The van der Waals surface area contributed by atoms with Gasteiger partial charge in [-0.25, -0.2) is 0 Å². The highest BCUT2D eigenvalue weighted by Crippen LogP contribution is 2.02. The number of hydrogen-bond acceptors (Lipinski definition) is 3. The Labute approximate surface area is 100 Å². The molecule has 0 aliphatic carbocycles. The molecule has 0 unspecified atom stereocenters. The van der Waals surface area contributed by atoms with Gasteiger partial charge >= 0.3 is 0 Å². The van der Waals surface area contributed by atoms with Gasteiger partial charge in [0.25, 0.3) is 0 Å². The van der Waals surface area contributed by atoms with Crippen molar-refractivity contribution >= 4 is 6.41 Å². The van der Waals surface area contributed by atoms with Gasteiger partial charge in [0.15, 0.2) is 0 Å². The Bertz CT molecular complexity index is 150. The van der Waals surface area contributed by atoms with E-state index >= 15 is 0 Å². The molecule has 0 radical (unpaired) electrons. The zero-order valence-corrected chi connectivity index (χ0v) is 11.7. The maximum absolute atomic E-state index is 10.1. The van der Waals surface area contributed by atoms with E-state index in [4.69, 9.17) is 4.74 Å². The van der Waals surface area contributed by atoms with Gasteiger partial charge in [0, 0.05) is 33.3 Å². The molecule has 0 saturated carbocycles. The Morgan fingerprint density at radius 3 is 1.75 bits per heavy atom. The number of amides is 1. The summed E-state index contributed by atoms with van der Waals surface area (Å²) in [5, 5.41) is 3.15. The van der Waals surface area contributed by atoms with Crippen LogP contribution < -0.4 is 5.32 Å². The lowest BCUT2D eigenvalue weighted by Crippen LogP contribution is -2.42. The Kier molecular flexibility index (Phi) is 12.1. The highest BCUT2D eigenvalue weighted by atomic mass is 16.5. The Morgan fingerprint density at radius 2 is 1.56 bits per heavy atom. The van der Waals surface area contributed by atoms with Crippen LogP contribution in [0.2, 0.25) is 0 Å². The van der Waals surface area contributed by atoms with Gasteiger partial charge in [0.2, 0.25) is 6.41 Å². The number of rotatable bonds is 1. The Hall–Kier alpha value is -0.610. The van der Waals surface area contributed by atoms with Crippen molar-refractivity contribution in [2.75, 3.05) is 33.3 Å². The number of nitrogens with one attached hydrogen (secondary N) is 1. The molecule has 1 rings (SSSR count). The van der Waals surface area contributed by atoms with E-state index in [1.165, 1.54) is 0 Å². The number of ether oxygens (including phenoxy) is 1. The van der Waals surface area contributed by atoms with Crippen LogP contribution in [0, 0.1) is 0 Å². The fourth-order valence-electron chi connectivity index (χ4n) is 0.788. The van der Waals surface area contributed by atoms with E-state index in [0.717, 1.165) is 32.6 Å². The number of carbonyl (C=O) groups excluding carboxylic acids is 1. The van der Waals surface area contributed by atoms with E-state index in [1.807, 2.05) is 34.6 Å². The smallest absolute Gasteiger partial charge is 0.209 e. The summed E-state index contributed by atoms with van der Waals surface area (Å²) in [6, 6.07) is 0. The molecule has 1 fully saturated rings. The fourth-order valence-corrected chi connectivity index (χ4v) is 0.788. The minimum Gasteiger partial charge on any atom is -0.379 e. The van der Waals surface area contributed by atoms with E-state index in [2.05, 4.69) is 5.32 Å². The van der Waals surface area contributed by atoms with E-state index in [-0.39, 0.29) is 5.60 Å². The summed E-state index contributed by atoms with van der Waals surface area (Å²) in [5.74, 6) is 0. The predicted molar refractivity (Wildman–Crippen MR) is 68.6 cm³/mol. The Morgan fingerprint density at radius 1 is 1.19 bits per heavy atom. The maximum atomic E-state index is 10.1. The summed E-state index contributed by atoms with van der Waals surface area (Å²) < 4.78 is 4.94. The van der Waals surface area contributed by atoms with E-state index in [9.17, 15) is 4.79 Å². The first-order valence-electron chi connectivity index (χ1n) is 5.95. The minimum atomic E-state index is 0.0417. The predicted octanol–water partition coefficient (Wildman–Crippen LogP) is 1.51. The monoisotopic (exact) mass is 232 g/mol. The summed E-state index contributed by atoms with van der Waals surface area (Å²) in [7, 11) is 1.71. The molecule has 0 atom stereocenters.